The number of carbonyl (C=O) groups is 1. The number of nitrogens with zero attached hydrogens (tertiary/aromatic N) is 7. The van der Waals surface area contributed by atoms with Crippen LogP contribution in [0.4, 0.5) is 0 Å². The van der Waals surface area contributed by atoms with E-state index in [4.69, 9.17) is 0 Å². The van der Waals surface area contributed by atoms with Gasteiger partial charge in [-0.25, -0.2) is 9.67 Å². The second-order valence-corrected chi connectivity index (χ2v) is 8.96. The minimum absolute atomic E-state index is 0.0162. The van der Waals surface area contributed by atoms with Gasteiger partial charge in [0.15, 0.2) is 5.65 Å². The first-order chi connectivity index (χ1) is 16.3. The van der Waals surface area contributed by atoms with E-state index >= 15 is 0 Å². The second-order valence-electron chi connectivity index (χ2n) is 8.10. The zero-order chi connectivity index (χ0) is 22.2. The summed E-state index contributed by atoms with van der Waals surface area (Å²) in [6.07, 6.45) is 7.45. The number of para-hydroxylation sites is 1. The number of hydrogen-bond acceptors (Lipinski definition) is 6. The van der Waals surface area contributed by atoms with Crippen LogP contribution < -0.4 is 0 Å². The van der Waals surface area contributed by atoms with Crippen molar-refractivity contribution in [3.63, 3.8) is 0 Å². The van der Waals surface area contributed by atoms with Crippen LogP contribution in [0.2, 0.25) is 0 Å². The van der Waals surface area contributed by atoms with Crippen molar-refractivity contribution in [2.75, 3.05) is 13.1 Å². The van der Waals surface area contributed by atoms with Crippen LogP contribution >= 0.6 is 11.3 Å². The van der Waals surface area contributed by atoms with Gasteiger partial charge in [0.05, 0.1) is 11.9 Å². The third-order valence-electron chi connectivity index (χ3n) is 6.06. The zero-order valence-corrected chi connectivity index (χ0v) is 18.6. The standard InChI is InChI=1S/C24H21N7OS/c32-24(29-12-9-17(10-13-29)22-28-27-21-8-4-5-11-30(21)22)20-16-33-23(26-20)18-14-25-31(15-18)19-6-2-1-3-7-19/h1-8,11,14-17H,9-10,12-13H2. The van der Waals surface area contributed by atoms with Crippen molar-refractivity contribution in [2.45, 2.75) is 18.8 Å². The van der Waals surface area contributed by atoms with E-state index in [0.717, 1.165) is 40.6 Å². The Morgan fingerprint density at radius 2 is 1.82 bits per heavy atom. The predicted molar refractivity (Wildman–Crippen MR) is 126 cm³/mol. The van der Waals surface area contributed by atoms with Crippen LogP contribution in [0, 0.1) is 0 Å². The quantitative estimate of drug-likeness (QED) is 0.408. The molecule has 0 spiro atoms. The summed E-state index contributed by atoms with van der Waals surface area (Å²) in [6.45, 7) is 1.37. The minimum atomic E-state index is -0.0162. The van der Waals surface area contributed by atoms with Gasteiger partial charge in [-0.15, -0.1) is 21.5 Å². The molecule has 1 amide bonds. The molecule has 1 aliphatic heterocycles. The number of rotatable bonds is 4. The lowest BCUT2D eigenvalue weighted by atomic mass is 9.96. The van der Waals surface area contributed by atoms with Gasteiger partial charge in [0, 0.05) is 42.3 Å². The molecule has 1 aliphatic rings. The molecule has 5 aromatic rings. The van der Waals surface area contributed by atoms with Gasteiger partial charge in [-0.3, -0.25) is 9.20 Å². The Hall–Kier alpha value is -3.85. The van der Waals surface area contributed by atoms with Gasteiger partial charge >= 0.3 is 0 Å². The Kier molecular flexibility index (Phi) is 4.95. The van der Waals surface area contributed by atoms with Crippen molar-refractivity contribution < 1.29 is 4.79 Å². The van der Waals surface area contributed by atoms with Gasteiger partial charge in [-0.2, -0.15) is 5.10 Å². The molecule has 6 rings (SSSR count). The fourth-order valence-corrected chi connectivity index (χ4v) is 5.07. The van der Waals surface area contributed by atoms with Gasteiger partial charge in [-0.05, 0) is 37.1 Å². The number of hydrogen-bond donors (Lipinski definition) is 0. The van der Waals surface area contributed by atoms with Crippen LogP contribution in [0.15, 0.2) is 72.5 Å². The highest BCUT2D eigenvalue weighted by molar-refractivity contribution is 7.13. The number of piperidine rings is 1. The lowest BCUT2D eigenvalue weighted by molar-refractivity contribution is 0.0706. The van der Waals surface area contributed by atoms with Crippen LogP contribution in [-0.4, -0.2) is 53.3 Å². The van der Waals surface area contributed by atoms with Gasteiger partial charge in [0.2, 0.25) is 0 Å². The van der Waals surface area contributed by atoms with Gasteiger partial charge < -0.3 is 4.90 Å². The first-order valence-corrected chi connectivity index (χ1v) is 11.8. The highest BCUT2D eigenvalue weighted by atomic mass is 32.1. The van der Waals surface area contributed by atoms with Gasteiger partial charge in [-0.1, -0.05) is 24.3 Å². The Balaban J connectivity index is 1.14. The third kappa shape index (κ3) is 3.70. The number of pyridine rings is 1. The molecule has 33 heavy (non-hydrogen) atoms. The largest absolute Gasteiger partial charge is 0.337 e. The summed E-state index contributed by atoms with van der Waals surface area (Å²) >= 11 is 1.47. The molecule has 8 nitrogen and oxygen atoms in total. The van der Waals surface area contributed by atoms with E-state index in [-0.39, 0.29) is 5.91 Å². The third-order valence-corrected chi connectivity index (χ3v) is 6.95. The summed E-state index contributed by atoms with van der Waals surface area (Å²) in [7, 11) is 0. The summed E-state index contributed by atoms with van der Waals surface area (Å²) in [5, 5.41) is 15.7. The van der Waals surface area contributed by atoms with Crippen molar-refractivity contribution in [2.24, 2.45) is 0 Å². The maximum Gasteiger partial charge on any atom is 0.273 e. The summed E-state index contributed by atoms with van der Waals surface area (Å²) in [6, 6.07) is 15.8. The Morgan fingerprint density at radius 1 is 1.00 bits per heavy atom. The van der Waals surface area contributed by atoms with Crippen molar-refractivity contribution in [1.82, 2.24) is 34.3 Å². The van der Waals surface area contributed by atoms with E-state index in [1.807, 2.05) is 80.3 Å². The van der Waals surface area contributed by atoms with Crippen molar-refractivity contribution in [3.8, 4) is 16.3 Å². The van der Waals surface area contributed by atoms with Crippen molar-refractivity contribution in [1.29, 1.82) is 0 Å². The molecule has 1 saturated heterocycles. The van der Waals surface area contributed by atoms with Crippen molar-refractivity contribution >= 4 is 22.9 Å². The Labute approximate surface area is 194 Å². The van der Waals surface area contributed by atoms with Crippen LogP contribution in [0.5, 0.6) is 0 Å². The molecule has 0 aliphatic carbocycles. The molecule has 0 unspecified atom stereocenters. The average molecular weight is 456 g/mol. The van der Waals surface area contributed by atoms with Crippen LogP contribution in [0.25, 0.3) is 21.9 Å². The predicted octanol–water partition coefficient (Wildman–Crippen LogP) is 4.06. The van der Waals surface area contributed by atoms with Crippen LogP contribution in [-0.2, 0) is 0 Å². The molecule has 5 heterocycles. The molecule has 0 atom stereocenters. The first kappa shape index (κ1) is 19.8. The Morgan fingerprint density at radius 3 is 2.67 bits per heavy atom. The fraction of sp³-hybridized carbons (Fsp3) is 0.208. The first-order valence-electron chi connectivity index (χ1n) is 10.9. The van der Waals surface area contributed by atoms with E-state index in [1.54, 1.807) is 6.20 Å². The number of fused-ring (bicyclic) bond motifs is 1. The number of benzene rings is 1. The summed E-state index contributed by atoms with van der Waals surface area (Å²) < 4.78 is 3.86. The van der Waals surface area contributed by atoms with Crippen LogP contribution in [0.1, 0.15) is 35.1 Å². The molecule has 164 valence electrons. The molecule has 0 radical (unpaired) electrons. The normalized spacial score (nSPS) is 14.7. The molecule has 0 bridgehead atoms. The zero-order valence-electron chi connectivity index (χ0n) is 17.8. The molecule has 1 fully saturated rings. The van der Waals surface area contributed by atoms with Crippen LogP contribution in [0.3, 0.4) is 0 Å². The maximum atomic E-state index is 13.1. The SMILES string of the molecule is O=C(c1csc(-c2cnn(-c3ccccc3)c2)n1)N1CCC(c2nnc3ccccn23)CC1. The number of likely N-dealkylation sites (tertiary alicyclic amines) is 1. The smallest absolute Gasteiger partial charge is 0.273 e. The number of aromatic nitrogens is 6. The number of amides is 1. The lowest BCUT2D eigenvalue weighted by Gasteiger charge is -2.30. The second kappa shape index (κ2) is 8.25. The molecular weight excluding hydrogens is 434 g/mol. The molecule has 0 saturated carbocycles. The monoisotopic (exact) mass is 455 g/mol. The topological polar surface area (TPSA) is 81.2 Å². The van der Waals surface area contributed by atoms with E-state index in [1.165, 1.54) is 11.3 Å². The number of thiazole rings is 1. The van der Waals surface area contributed by atoms with E-state index < -0.39 is 0 Å². The highest BCUT2D eigenvalue weighted by Crippen LogP contribution is 2.29. The minimum Gasteiger partial charge on any atom is -0.337 e. The fourth-order valence-electron chi connectivity index (χ4n) is 4.30. The molecule has 0 N–H and O–H groups in total. The van der Waals surface area contributed by atoms with E-state index in [9.17, 15) is 4.79 Å². The summed E-state index contributed by atoms with van der Waals surface area (Å²) in [4.78, 5) is 19.6. The van der Waals surface area contributed by atoms with E-state index in [2.05, 4.69) is 20.3 Å². The van der Waals surface area contributed by atoms with Gasteiger partial charge in [0.25, 0.3) is 5.91 Å². The number of carbonyl (C=O) groups excluding carboxylic acids is 1. The maximum absolute atomic E-state index is 13.1. The van der Waals surface area contributed by atoms with Crippen molar-refractivity contribution in [3.05, 3.63) is 84.0 Å². The van der Waals surface area contributed by atoms with Gasteiger partial charge in [0.1, 0.15) is 16.5 Å². The molecular formula is C24H21N7OS. The lowest BCUT2D eigenvalue weighted by Crippen LogP contribution is -2.38. The molecule has 9 heteroatoms. The average Bonchev–Trinajstić information content (AvgIpc) is 3.64. The molecule has 4 aromatic heterocycles. The highest BCUT2D eigenvalue weighted by Gasteiger charge is 2.28. The molecule has 1 aromatic carbocycles. The summed E-state index contributed by atoms with van der Waals surface area (Å²) in [5.41, 5.74) is 3.24. The summed E-state index contributed by atoms with van der Waals surface area (Å²) in [5.74, 6) is 1.25. The Bertz CT molecular complexity index is 1410. The van der Waals surface area contributed by atoms with E-state index in [0.29, 0.717) is 24.7 Å².